The number of amides is 2. The van der Waals surface area contributed by atoms with Gasteiger partial charge >= 0.3 is 0 Å². The van der Waals surface area contributed by atoms with E-state index in [1.165, 1.54) is 11.8 Å². The molecule has 0 spiro atoms. The van der Waals surface area contributed by atoms with Gasteiger partial charge < -0.3 is 24.1 Å². The average Bonchev–Trinajstić information content (AvgIpc) is 3.38. The van der Waals surface area contributed by atoms with E-state index in [9.17, 15) is 9.59 Å². The standard InChI is InChI=1S/C25H27N3O5S/c1-3-31-12-6-11-26-24(30)23-22-17-7-4-5-8-18(17)27(2)25(22)34-14-21(29)28(23)16-9-10-19-20(13-16)33-15-32-19/h4-5,7-10,13,23H,3,6,11-12,14-15H2,1-2H3,(H,26,30). The third-order valence-electron chi connectivity index (χ3n) is 6.07. The molecule has 0 saturated carbocycles. The zero-order chi connectivity index (χ0) is 23.7. The molecule has 0 radical (unpaired) electrons. The number of ether oxygens (including phenoxy) is 3. The second-order valence-electron chi connectivity index (χ2n) is 8.13. The molecular weight excluding hydrogens is 454 g/mol. The quantitative estimate of drug-likeness (QED) is 0.519. The van der Waals surface area contributed by atoms with Gasteiger partial charge in [0.15, 0.2) is 11.5 Å². The molecule has 0 aliphatic carbocycles. The SMILES string of the molecule is CCOCCCNC(=O)C1c2c(n(C)c3ccccc23)SCC(=O)N1c1ccc2c(c1)OCO2. The normalized spacial score (nSPS) is 17.1. The molecule has 34 heavy (non-hydrogen) atoms. The summed E-state index contributed by atoms with van der Waals surface area (Å²) in [6, 6.07) is 12.5. The van der Waals surface area contributed by atoms with Crippen LogP contribution in [0.4, 0.5) is 5.69 Å². The maximum absolute atomic E-state index is 13.7. The lowest BCUT2D eigenvalue weighted by molar-refractivity contribution is -0.125. The molecule has 2 aliphatic heterocycles. The summed E-state index contributed by atoms with van der Waals surface area (Å²) in [5.74, 6) is 1.06. The van der Waals surface area contributed by atoms with Crippen molar-refractivity contribution in [2.75, 3.05) is 37.2 Å². The molecule has 2 amide bonds. The molecule has 2 aliphatic rings. The van der Waals surface area contributed by atoms with Gasteiger partial charge in [0, 0.05) is 55.0 Å². The molecule has 3 heterocycles. The van der Waals surface area contributed by atoms with E-state index in [0.717, 1.165) is 21.5 Å². The van der Waals surface area contributed by atoms with Crippen LogP contribution in [0, 0.1) is 0 Å². The number of aryl methyl sites for hydroxylation is 1. The summed E-state index contributed by atoms with van der Waals surface area (Å²) in [6.07, 6.45) is 0.696. The highest BCUT2D eigenvalue weighted by Crippen LogP contribution is 2.45. The van der Waals surface area contributed by atoms with Gasteiger partial charge in [-0.1, -0.05) is 30.0 Å². The molecule has 1 atom stereocenters. The Morgan fingerprint density at radius 3 is 2.88 bits per heavy atom. The smallest absolute Gasteiger partial charge is 0.247 e. The van der Waals surface area contributed by atoms with Gasteiger partial charge in [0.1, 0.15) is 6.04 Å². The van der Waals surface area contributed by atoms with E-state index in [-0.39, 0.29) is 24.4 Å². The molecule has 3 aromatic rings. The minimum absolute atomic E-state index is 0.139. The summed E-state index contributed by atoms with van der Waals surface area (Å²) >= 11 is 1.47. The van der Waals surface area contributed by atoms with Crippen LogP contribution in [0.2, 0.25) is 0 Å². The number of fused-ring (bicyclic) bond motifs is 4. The molecule has 1 N–H and O–H groups in total. The van der Waals surface area contributed by atoms with Gasteiger partial charge in [-0.15, -0.1) is 0 Å². The third kappa shape index (κ3) is 3.99. The fourth-order valence-corrected chi connectivity index (χ4v) is 5.58. The van der Waals surface area contributed by atoms with Crippen molar-refractivity contribution in [3.8, 4) is 11.5 Å². The molecule has 0 saturated heterocycles. The van der Waals surface area contributed by atoms with Crippen molar-refractivity contribution in [2.24, 2.45) is 7.05 Å². The zero-order valence-corrected chi connectivity index (χ0v) is 20.0. The van der Waals surface area contributed by atoms with E-state index in [4.69, 9.17) is 14.2 Å². The molecule has 9 heteroatoms. The minimum Gasteiger partial charge on any atom is -0.454 e. The highest BCUT2D eigenvalue weighted by atomic mass is 32.2. The minimum atomic E-state index is -0.823. The summed E-state index contributed by atoms with van der Waals surface area (Å²) in [5.41, 5.74) is 2.47. The van der Waals surface area contributed by atoms with Crippen LogP contribution in [0.5, 0.6) is 11.5 Å². The average molecular weight is 482 g/mol. The lowest BCUT2D eigenvalue weighted by Crippen LogP contribution is -2.44. The van der Waals surface area contributed by atoms with Crippen LogP contribution in [0.25, 0.3) is 10.9 Å². The summed E-state index contributed by atoms with van der Waals surface area (Å²) in [5, 5.41) is 4.92. The Morgan fingerprint density at radius 2 is 2.03 bits per heavy atom. The molecule has 5 rings (SSSR count). The van der Waals surface area contributed by atoms with E-state index < -0.39 is 6.04 Å². The van der Waals surface area contributed by atoms with Crippen LogP contribution in [0.1, 0.15) is 24.9 Å². The van der Waals surface area contributed by atoms with E-state index >= 15 is 0 Å². The van der Waals surface area contributed by atoms with Crippen LogP contribution >= 0.6 is 11.8 Å². The molecular formula is C25H27N3O5S. The molecule has 8 nitrogen and oxygen atoms in total. The summed E-state index contributed by atoms with van der Waals surface area (Å²) < 4.78 is 18.5. The first kappa shape index (κ1) is 22.6. The number of thioether (sulfide) groups is 1. The maximum Gasteiger partial charge on any atom is 0.247 e. The third-order valence-corrected chi connectivity index (χ3v) is 7.23. The van der Waals surface area contributed by atoms with E-state index in [0.29, 0.717) is 43.4 Å². The summed E-state index contributed by atoms with van der Waals surface area (Å²) in [4.78, 5) is 28.8. The van der Waals surface area contributed by atoms with Gasteiger partial charge in [-0.2, -0.15) is 0 Å². The number of anilines is 1. The number of nitrogens with zero attached hydrogens (tertiary/aromatic N) is 2. The predicted octanol–water partition coefficient (Wildman–Crippen LogP) is 3.63. The molecule has 1 aromatic heterocycles. The topological polar surface area (TPSA) is 82.0 Å². The van der Waals surface area contributed by atoms with E-state index in [1.54, 1.807) is 17.0 Å². The zero-order valence-electron chi connectivity index (χ0n) is 19.2. The Kier molecular flexibility index (Phi) is 6.38. The van der Waals surface area contributed by atoms with Gasteiger partial charge in [0.2, 0.25) is 18.6 Å². The Bertz CT molecular complexity index is 1240. The second kappa shape index (κ2) is 9.60. The van der Waals surface area contributed by atoms with Crippen molar-refractivity contribution in [1.29, 1.82) is 0 Å². The molecule has 1 unspecified atom stereocenters. The Balaban J connectivity index is 1.60. The molecule has 2 aromatic carbocycles. The number of carbonyl (C=O) groups is 2. The van der Waals surface area contributed by atoms with Gasteiger partial charge in [-0.3, -0.25) is 14.5 Å². The number of hydrogen-bond acceptors (Lipinski definition) is 6. The fraction of sp³-hybridized carbons (Fsp3) is 0.360. The first-order chi connectivity index (χ1) is 16.6. The largest absolute Gasteiger partial charge is 0.454 e. The van der Waals surface area contributed by atoms with Crippen LogP contribution < -0.4 is 19.7 Å². The fourth-order valence-electron chi connectivity index (χ4n) is 4.51. The molecule has 178 valence electrons. The van der Waals surface area contributed by atoms with Crippen molar-refractivity contribution >= 4 is 40.2 Å². The number of aromatic nitrogens is 1. The number of carbonyl (C=O) groups excluding carboxylic acids is 2. The Morgan fingerprint density at radius 1 is 1.21 bits per heavy atom. The van der Waals surface area contributed by atoms with Crippen LogP contribution in [-0.2, 0) is 21.4 Å². The summed E-state index contributed by atoms with van der Waals surface area (Å²) in [6.45, 7) is 3.76. The monoisotopic (exact) mass is 481 g/mol. The first-order valence-electron chi connectivity index (χ1n) is 11.4. The number of para-hydroxylation sites is 1. The van der Waals surface area contributed by atoms with Gasteiger partial charge in [-0.05, 0) is 31.5 Å². The van der Waals surface area contributed by atoms with E-state index in [1.807, 2.05) is 44.3 Å². The van der Waals surface area contributed by atoms with Crippen molar-refractivity contribution < 1.29 is 23.8 Å². The van der Waals surface area contributed by atoms with E-state index in [2.05, 4.69) is 9.88 Å². The maximum atomic E-state index is 13.7. The van der Waals surface area contributed by atoms with Gasteiger partial charge in [0.05, 0.1) is 10.8 Å². The summed E-state index contributed by atoms with van der Waals surface area (Å²) in [7, 11) is 1.98. The number of hydrogen-bond donors (Lipinski definition) is 1. The van der Waals surface area contributed by atoms with Gasteiger partial charge in [0.25, 0.3) is 0 Å². The lowest BCUT2D eigenvalue weighted by Gasteiger charge is -2.30. The Hall–Kier alpha value is -3.17. The molecule has 0 fully saturated rings. The van der Waals surface area contributed by atoms with Crippen molar-refractivity contribution in [2.45, 2.75) is 24.4 Å². The number of rotatable bonds is 7. The van der Waals surface area contributed by atoms with Crippen LogP contribution in [-0.4, -0.2) is 48.7 Å². The highest BCUT2D eigenvalue weighted by molar-refractivity contribution is 8.00. The van der Waals surface area contributed by atoms with Crippen molar-refractivity contribution in [3.05, 3.63) is 48.0 Å². The first-order valence-corrected chi connectivity index (χ1v) is 12.4. The lowest BCUT2D eigenvalue weighted by atomic mass is 10.0. The highest BCUT2D eigenvalue weighted by Gasteiger charge is 2.40. The number of benzene rings is 2. The molecule has 0 bridgehead atoms. The number of nitrogens with one attached hydrogen (secondary N) is 1. The van der Waals surface area contributed by atoms with Gasteiger partial charge in [-0.25, -0.2) is 0 Å². The van der Waals surface area contributed by atoms with Crippen molar-refractivity contribution in [3.63, 3.8) is 0 Å². The van der Waals surface area contributed by atoms with Crippen LogP contribution in [0.3, 0.4) is 0 Å². The van der Waals surface area contributed by atoms with Crippen molar-refractivity contribution in [1.82, 2.24) is 9.88 Å². The predicted molar refractivity (Wildman–Crippen MR) is 131 cm³/mol. The Labute approximate surface area is 202 Å². The second-order valence-corrected chi connectivity index (χ2v) is 9.09. The van der Waals surface area contributed by atoms with Crippen LogP contribution in [0.15, 0.2) is 47.5 Å².